The van der Waals surface area contributed by atoms with Gasteiger partial charge < -0.3 is 15.8 Å². The molecular formula is C13H18N2O2. The molecule has 0 aromatic heterocycles. The van der Waals surface area contributed by atoms with Gasteiger partial charge in [-0.3, -0.25) is 4.79 Å². The Morgan fingerprint density at radius 1 is 1.53 bits per heavy atom. The lowest BCUT2D eigenvalue weighted by Gasteiger charge is -2.24. The molecular weight excluding hydrogens is 216 g/mol. The summed E-state index contributed by atoms with van der Waals surface area (Å²) in [4.78, 5) is 11.4. The summed E-state index contributed by atoms with van der Waals surface area (Å²) in [6, 6.07) is 5.86. The zero-order chi connectivity index (χ0) is 12.4. The third kappa shape index (κ3) is 2.26. The average Bonchev–Trinajstić information content (AvgIpc) is 2.32. The summed E-state index contributed by atoms with van der Waals surface area (Å²) in [7, 11) is 0. The Kier molecular flexibility index (Phi) is 3.33. The molecule has 1 aliphatic rings. The predicted octanol–water partition coefficient (Wildman–Crippen LogP) is 1.86. The van der Waals surface area contributed by atoms with Crippen molar-refractivity contribution in [2.45, 2.75) is 32.3 Å². The molecule has 1 amide bonds. The lowest BCUT2D eigenvalue weighted by Crippen LogP contribution is -2.34. The quantitative estimate of drug-likeness (QED) is 0.839. The van der Waals surface area contributed by atoms with E-state index in [9.17, 15) is 4.79 Å². The molecule has 0 aliphatic carbocycles. The summed E-state index contributed by atoms with van der Waals surface area (Å²) in [5.41, 5.74) is 7.63. The summed E-state index contributed by atoms with van der Waals surface area (Å²) in [5, 5.41) is 2.82. The average molecular weight is 234 g/mol. The number of anilines is 1. The topological polar surface area (TPSA) is 64.3 Å². The summed E-state index contributed by atoms with van der Waals surface area (Å²) in [5.74, 6) is 0.981. The van der Waals surface area contributed by atoms with Gasteiger partial charge in [-0.1, -0.05) is 13.0 Å². The van der Waals surface area contributed by atoms with E-state index in [1.54, 1.807) is 6.92 Å². The number of amides is 1. The molecule has 1 aromatic carbocycles. The lowest BCUT2D eigenvalue weighted by atomic mass is 9.96. The SMILES string of the molecule is CCC(CN)c1ccc2c(c1)OC(C)C(=O)N2. The van der Waals surface area contributed by atoms with Crippen molar-refractivity contribution in [3.05, 3.63) is 23.8 Å². The molecule has 0 bridgehead atoms. The molecule has 0 saturated heterocycles. The molecule has 1 aliphatic heterocycles. The molecule has 2 rings (SSSR count). The number of benzene rings is 1. The number of nitrogens with two attached hydrogens (primary N) is 1. The normalized spacial score (nSPS) is 20.2. The van der Waals surface area contributed by atoms with E-state index in [1.807, 2.05) is 18.2 Å². The molecule has 92 valence electrons. The molecule has 17 heavy (non-hydrogen) atoms. The van der Waals surface area contributed by atoms with Crippen LogP contribution in [0.15, 0.2) is 18.2 Å². The number of rotatable bonds is 3. The van der Waals surface area contributed by atoms with Gasteiger partial charge in [0.25, 0.3) is 5.91 Å². The molecule has 0 spiro atoms. The van der Waals surface area contributed by atoms with Crippen molar-refractivity contribution in [3.8, 4) is 5.75 Å². The van der Waals surface area contributed by atoms with Crippen molar-refractivity contribution in [1.29, 1.82) is 0 Å². The van der Waals surface area contributed by atoms with Crippen LogP contribution in [0.25, 0.3) is 0 Å². The van der Waals surface area contributed by atoms with Gasteiger partial charge in [0.15, 0.2) is 6.10 Å². The smallest absolute Gasteiger partial charge is 0.265 e. The van der Waals surface area contributed by atoms with Crippen LogP contribution in [-0.2, 0) is 4.79 Å². The summed E-state index contributed by atoms with van der Waals surface area (Å²) < 4.78 is 5.57. The highest BCUT2D eigenvalue weighted by molar-refractivity contribution is 5.97. The van der Waals surface area contributed by atoms with E-state index in [2.05, 4.69) is 12.2 Å². The third-order valence-electron chi connectivity index (χ3n) is 3.19. The number of fused-ring (bicyclic) bond motifs is 1. The Balaban J connectivity index is 2.31. The van der Waals surface area contributed by atoms with E-state index in [0.717, 1.165) is 23.4 Å². The number of hydrogen-bond acceptors (Lipinski definition) is 3. The molecule has 0 fully saturated rings. The van der Waals surface area contributed by atoms with Crippen molar-refractivity contribution in [1.82, 2.24) is 0 Å². The van der Waals surface area contributed by atoms with Crippen molar-refractivity contribution in [3.63, 3.8) is 0 Å². The monoisotopic (exact) mass is 234 g/mol. The van der Waals surface area contributed by atoms with E-state index in [0.29, 0.717) is 12.5 Å². The van der Waals surface area contributed by atoms with Gasteiger partial charge in [-0.25, -0.2) is 0 Å². The van der Waals surface area contributed by atoms with Crippen molar-refractivity contribution in [2.75, 3.05) is 11.9 Å². The Hall–Kier alpha value is -1.55. The fraction of sp³-hybridized carbons (Fsp3) is 0.462. The number of carbonyl (C=O) groups excluding carboxylic acids is 1. The summed E-state index contributed by atoms with van der Waals surface area (Å²) in [6.07, 6.45) is 0.563. The minimum Gasteiger partial charge on any atom is -0.479 e. The molecule has 4 heteroatoms. The standard InChI is InChI=1S/C13H18N2O2/c1-3-9(7-14)10-4-5-11-12(6-10)17-8(2)13(16)15-11/h4-6,8-9H,3,7,14H2,1-2H3,(H,15,16). The number of ether oxygens (including phenoxy) is 1. The Morgan fingerprint density at radius 2 is 2.29 bits per heavy atom. The first-order valence-corrected chi connectivity index (χ1v) is 5.97. The lowest BCUT2D eigenvalue weighted by molar-refractivity contribution is -0.122. The van der Waals surface area contributed by atoms with Crippen LogP contribution in [0.4, 0.5) is 5.69 Å². The Morgan fingerprint density at radius 3 is 2.94 bits per heavy atom. The zero-order valence-electron chi connectivity index (χ0n) is 10.2. The van der Waals surface area contributed by atoms with E-state index in [-0.39, 0.29) is 5.91 Å². The molecule has 2 atom stereocenters. The van der Waals surface area contributed by atoms with Crippen LogP contribution in [-0.4, -0.2) is 18.6 Å². The second kappa shape index (κ2) is 4.75. The minimum absolute atomic E-state index is 0.101. The highest BCUT2D eigenvalue weighted by atomic mass is 16.5. The molecule has 1 aromatic rings. The van der Waals surface area contributed by atoms with Crippen LogP contribution in [0, 0.1) is 0 Å². The van der Waals surface area contributed by atoms with Gasteiger partial charge in [0.05, 0.1) is 5.69 Å². The van der Waals surface area contributed by atoms with Crippen LogP contribution in [0.5, 0.6) is 5.75 Å². The fourth-order valence-electron chi connectivity index (χ4n) is 2.01. The molecule has 0 saturated carbocycles. The number of nitrogens with one attached hydrogen (secondary N) is 1. The van der Waals surface area contributed by atoms with Gasteiger partial charge in [0.1, 0.15) is 5.75 Å². The van der Waals surface area contributed by atoms with Crippen molar-refractivity contribution < 1.29 is 9.53 Å². The summed E-state index contributed by atoms with van der Waals surface area (Å²) in [6.45, 7) is 4.48. The first-order valence-electron chi connectivity index (χ1n) is 5.97. The van der Waals surface area contributed by atoms with Gasteiger partial charge in [0.2, 0.25) is 0 Å². The highest BCUT2D eigenvalue weighted by Gasteiger charge is 2.24. The first kappa shape index (κ1) is 11.9. The summed E-state index contributed by atoms with van der Waals surface area (Å²) >= 11 is 0. The maximum absolute atomic E-state index is 11.4. The van der Waals surface area contributed by atoms with Crippen LogP contribution >= 0.6 is 0 Å². The van der Waals surface area contributed by atoms with E-state index < -0.39 is 6.10 Å². The van der Waals surface area contributed by atoms with E-state index in [1.165, 1.54) is 0 Å². The highest BCUT2D eigenvalue weighted by Crippen LogP contribution is 2.33. The minimum atomic E-state index is -0.435. The fourth-order valence-corrected chi connectivity index (χ4v) is 2.01. The third-order valence-corrected chi connectivity index (χ3v) is 3.19. The van der Waals surface area contributed by atoms with E-state index >= 15 is 0 Å². The van der Waals surface area contributed by atoms with E-state index in [4.69, 9.17) is 10.5 Å². The Labute approximate surface area is 101 Å². The van der Waals surface area contributed by atoms with Crippen LogP contribution < -0.4 is 15.8 Å². The van der Waals surface area contributed by atoms with Crippen molar-refractivity contribution >= 4 is 11.6 Å². The maximum Gasteiger partial charge on any atom is 0.265 e. The van der Waals surface area contributed by atoms with Crippen LogP contribution in [0.1, 0.15) is 31.7 Å². The van der Waals surface area contributed by atoms with Gasteiger partial charge in [-0.2, -0.15) is 0 Å². The Bertz CT molecular complexity index is 427. The molecule has 3 N–H and O–H groups in total. The number of carbonyl (C=O) groups is 1. The maximum atomic E-state index is 11.4. The van der Waals surface area contributed by atoms with Crippen molar-refractivity contribution in [2.24, 2.45) is 5.73 Å². The number of hydrogen-bond donors (Lipinski definition) is 2. The second-order valence-corrected chi connectivity index (χ2v) is 4.35. The predicted molar refractivity (Wildman–Crippen MR) is 67.2 cm³/mol. The van der Waals surface area contributed by atoms with Gasteiger partial charge in [-0.15, -0.1) is 0 Å². The van der Waals surface area contributed by atoms with Gasteiger partial charge in [0, 0.05) is 0 Å². The van der Waals surface area contributed by atoms with Crippen LogP contribution in [0.3, 0.4) is 0 Å². The molecule has 4 nitrogen and oxygen atoms in total. The largest absolute Gasteiger partial charge is 0.479 e. The van der Waals surface area contributed by atoms with Gasteiger partial charge >= 0.3 is 0 Å². The molecule has 0 radical (unpaired) electrons. The molecule has 2 unspecified atom stereocenters. The first-order chi connectivity index (χ1) is 8.15. The second-order valence-electron chi connectivity index (χ2n) is 4.35. The van der Waals surface area contributed by atoms with Crippen LogP contribution in [0.2, 0.25) is 0 Å². The molecule has 1 heterocycles. The zero-order valence-corrected chi connectivity index (χ0v) is 10.2. The van der Waals surface area contributed by atoms with Gasteiger partial charge in [-0.05, 0) is 43.5 Å².